The third-order valence-corrected chi connectivity index (χ3v) is 9.86. The van der Waals surface area contributed by atoms with Crippen LogP contribution in [-0.4, -0.2) is 63.4 Å². The molecule has 2 fully saturated rings. The molecule has 7 nitrogen and oxygen atoms in total. The van der Waals surface area contributed by atoms with Crippen LogP contribution in [0.2, 0.25) is 0 Å². The summed E-state index contributed by atoms with van der Waals surface area (Å²) in [7, 11) is 6.45. The molecule has 7 atom stereocenters. The second-order valence-corrected chi connectivity index (χ2v) is 10.6. The number of likely N-dealkylation sites (tertiary alicyclic amines) is 1. The van der Waals surface area contributed by atoms with E-state index in [1.807, 2.05) is 6.07 Å². The number of hydrogen-bond donors (Lipinski definition) is 0. The summed E-state index contributed by atoms with van der Waals surface area (Å²) in [6.07, 6.45) is 3.54. The van der Waals surface area contributed by atoms with Gasteiger partial charge in [-0.25, -0.2) is 0 Å². The van der Waals surface area contributed by atoms with Gasteiger partial charge in [0.05, 0.1) is 38.6 Å². The zero-order valence-corrected chi connectivity index (χ0v) is 20.2. The van der Waals surface area contributed by atoms with Crippen LogP contribution in [0.3, 0.4) is 0 Å². The van der Waals surface area contributed by atoms with E-state index in [4.69, 9.17) is 30.5 Å². The van der Waals surface area contributed by atoms with Crippen LogP contribution >= 0.6 is 11.6 Å². The lowest BCUT2D eigenvalue weighted by molar-refractivity contribution is -0.227. The molecule has 1 saturated carbocycles. The highest BCUT2D eigenvalue weighted by Gasteiger charge is 2.85. The monoisotopic (exact) mass is 473 g/mol. The van der Waals surface area contributed by atoms with Gasteiger partial charge in [0.2, 0.25) is 0 Å². The van der Waals surface area contributed by atoms with Crippen molar-refractivity contribution in [3.63, 3.8) is 0 Å². The van der Waals surface area contributed by atoms with Crippen LogP contribution in [-0.2, 0) is 30.9 Å². The minimum atomic E-state index is -0.853. The Morgan fingerprint density at radius 1 is 1.18 bits per heavy atom. The van der Waals surface area contributed by atoms with E-state index in [0.717, 1.165) is 18.5 Å². The molecular weight excluding hydrogens is 446 g/mol. The smallest absolute Gasteiger partial charge is 0.310 e. The number of nitrogens with zero attached hydrogens (tertiary/aromatic N) is 1. The van der Waals surface area contributed by atoms with E-state index in [0.29, 0.717) is 23.0 Å². The lowest BCUT2D eigenvalue weighted by atomic mass is 9.31. The first-order chi connectivity index (χ1) is 15.7. The molecule has 0 aromatic heterocycles. The number of fused-ring (bicyclic) bond motifs is 1. The minimum absolute atomic E-state index is 0.0627. The zero-order valence-electron chi connectivity index (χ0n) is 19.4. The van der Waals surface area contributed by atoms with Crippen molar-refractivity contribution in [1.29, 1.82) is 0 Å². The van der Waals surface area contributed by atoms with Gasteiger partial charge in [-0.1, -0.05) is 23.7 Å². The Bertz CT molecular complexity index is 1130. The van der Waals surface area contributed by atoms with E-state index < -0.39 is 46.1 Å². The standard InChI is InChI=1S/C25H28ClNO6/c1-23-18-13(26)11-24(19(22(29)32-5)16(18)21(28)31-4)15-10-12-6-7-14(30-3)20(33-23)17(12)25(23,24)8-9-27(15)2/h6-7,11,15-16,18-19H,8-10H2,1-5H3. The maximum absolute atomic E-state index is 13.6. The van der Waals surface area contributed by atoms with Gasteiger partial charge in [-0.15, -0.1) is 0 Å². The number of rotatable bonds is 3. The molecule has 0 amide bonds. The van der Waals surface area contributed by atoms with Crippen molar-refractivity contribution in [2.45, 2.75) is 36.8 Å². The molecular formula is C25H28ClNO6. The predicted octanol–water partition coefficient (Wildman–Crippen LogP) is 2.68. The van der Waals surface area contributed by atoms with Crippen molar-refractivity contribution in [2.24, 2.45) is 23.2 Å². The largest absolute Gasteiger partial charge is 0.493 e. The van der Waals surface area contributed by atoms with Crippen molar-refractivity contribution in [3.8, 4) is 11.5 Å². The molecule has 0 radical (unpaired) electrons. The average molecular weight is 474 g/mol. The Balaban J connectivity index is 1.77. The van der Waals surface area contributed by atoms with E-state index in [-0.39, 0.29) is 6.04 Å². The SMILES string of the molecule is COC(=O)C1C2C(Cl)=CC3(C1C(=O)OC)C1Cc4ccc(OC)c5c4C3(CCN1C)C2(C)O5. The Morgan fingerprint density at radius 2 is 1.91 bits per heavy atom. The number of benzene rings is 1. The molecule has 33 heavy (non-hydrogen) atoms. The van der Waals surface area contributed by atoms with Crippen LogP contribution in [0.4, 0.5) is 0 Å². The number of carbonyl (C=O) groups is 2. The van der Waals surface area contributed by atoms with E-state index in [2.05, 4.69) is 31.0 Å². The van der Waals surface area contributed by atoms with Crippen LogP contribution in [0, 0.1) is 23.2 Å². The average Bonchev–Trinajstić information content (AvgIpc) is 3.08. The highest BCUT2D eigenvalue weighted by Crippen LogP contribution is 2.79. The van der Waals surface area contributed by atoms with Gasteiger partial charge in [0.25, 0.3) is 0 Å². The Morgan fingerprint density at radius 3 is 2.58 bits per heavy atom. The number of piperidine rings is 1. The number of halogens is 1. The molecule has 4 bridgehead atoms. The summed E-state index contributed by atoms with van der Waals surface area (Å²) in [6.45, 7) is 2.90. The second kappa shape index (κ2) is 6.45. The fourth-order valence-electron chi connectivity index (χ4n) is 8.54. The second-order valence-electron chi connectivity index (χ2n) is 10.2. The maximum Gasteiger partial charge on any atom is 0.310 e. The van der Waals surface area contributed by atoms with Gasteiger partial charge in [0.15, 0.2) is 11.5 Å². The molecule has 6 aliphatic rings. The van der Waals surface area contributed by atoms with Gasteiger partial charge in [0, 0.05) is 28.0 Å². The summed E-state index contributed by atoms with van der Waals surface area (Å²) in [5, 5.41) is 0.555. The summed E-state index contributed by atoms with van der Waals surface area (Å²) < 4.78 is 23.2. The fraction of sp³-hybridized carbons (Fsp3) is 0.600. The van der Waals surface area contributed by atoms with E-state index in [1.54, 1.807) is 7.11 Å². The van der Waals surface area contributed by atoms with Crippen molar-refractivity contribution < 1.29 is 28.5 Å². The third kappa shape index (κ3) is 2.01. The van der Waals surface area contributed by atoms with E-state index >= 15 is 0 Å². The first-order valence-corrected chi connectivity index (χ1v) is 11.7. The van der Waals surface area contributed by atoms with Crippen LogP contribution in [0.15, 0.2) is 23.2 Å². The van der Waals surface area contributed by atoms with Gasteiger partial charge >= 0.3 is 11.9 Å². The molecule has 7 rings (SSSR count). The predicted molar refractivity (Wildman–Crippen MR) is 119 cm³/mol. The first kappa shape index (κ1) is 21.3. The van der Waals surface area contributed by atoms with Gasteiger partial charge in [-0.3, -0.25) is 9.59 Å². The molecule has 2 spiro atoms. The summed E-state index contributed by atoms with van der Waals surface area (Å²) in [4.78, 5) is 29.2. The van der Waals surface area contributed by atoms with Crippen LogP contribution < -0.4 is 9.47 Å². The molecule has 7 unspecified atom stereocenters. The van der Waals surface area contributed by atoms with Gasteiger partial charge < -0.3 is 23.8 Å². The van der Waals surface area contributed by atoms with Gasteiger partial charge in [-0.05, 0) is 45.0 Å². The van der Waals surface area contributed by atoms with Gasteiger partial charge in [-0.2, -0.15) is 0 Å². The number of methoxy groups -OCH3 is 3. The molecule has 176 valence electrons. The zero-order chi connectivity index (χ0) is 23.5. The summed E-state index contributed by atoms with van der Waals surface area (Å²) in [6, 6.07) is 4.00. The number of hydrogen-bond acceptors (Lipinski definition) is 7. The number of likely N-dealkylation sites (N-methyl/N-ethyl adjacent to an activating group) is 1. The van der Waals surface area contributed by atoms with Gasteiger partial charge in [0.1, 0.15) is 5.60 Å². The summed E-state index contributed by atoms with van der Waals surface area (Å²) in [5.74, 6) is -1.60. The maximum atomic E-state index is 13.6. The third-order valence-electron chi connectivity index (χ3n) is 9.52. The van der Waals surface area contributed by atoms with E-state index in [1.165, 1.54) is 19.8 Å². The molecule has 8 heteroatoms. The highest BCUT2D eigenvalue weighted by atomic mass is 35.5. The molecule has 2 aliphatic heterocycles. The normalized spacial score (nSPS) is 41.6. The summed E-state index contributed by atoms with van der Waals surface area (Å²) >= 11 is 7.01. The van der Waals surface area contributed by atoms with Crippen molar-refractivity contribution in [3.05, 3.63) is 34.4 Å². The summed E-state index contributed by atoms with van der Waals surface area (Å²) in [5.41, 5.74) is 0.106. The number of esters is 2. The Kier molecular flexibility index (Phi) is 4.16. The first-order valence-electron chi connectivity index (χ1n) is 11.4. The van der Waals surface area contributed by atoms with Crippen molar-refractivity contribution >= 4 is 23.5 Å². The van der Waals surface area contributed by atoms with Crippen molar-refractivity contribution in [1.82, 2.24) is 4.90 Å². The highest BCUT2D eigenvalue weighted by molar-refractivity contribution is 6.30. The minimum Gasteiger partial charge on any atom is -0.493 e. The Hall–Kier alpha value is -2.25. The Labute approximate surface area is 197 Å². The van der Waals surface area contributed by atoms with E-state index in [9.17, 15) is 9.59 Å². The lowest BCUT2D eigenvalue weighted by Crippen LogP contribution is -2.82. The molecule has 1 saturated heterocycles. The van der Waals surface area contributed by atoms with Crippen LogP contribution in [0.5, 0.6) is 11.5 Å². The molecule has 2 heterocycles. The molecule has 4 aliphatic carbocycles. The van der Waals surface area contributed by atoms with Crippen LogP contribution in [0.25, 0.3) is 0 Å². The quantitative estimate of drug-likeness (QED) is 0.625. The number of carbonyl (C=O) groups excluding carboxylic acids is 2. The fourth-order valence-corrected chi connectivity index (χ4v) is 9.07. The van der Waals surface area contributed by atoms with Crippen LogP contribution in [0.1, 0.15) is 24.5 Å². The topological polar surface area (TPSA) is 74.3 Å². The molecule has 0 N–H and O–H groups in total. The number of ether oxygens (including phenoxy) is 4. The lowest BCUT2D eigenvalue weighted by Gasteiger charge is -2.73. The van der Waals surface area contributed by atoms with Crippen molar-refractivity contribution in [2.75, 3.05) is 34.9 Å². The molecule has 1 aromatic carbocycles. The molecule has 1 aromatic rings.